The van der Waals surface area contributed by atoms with Crippen LogP contribution in [-0.2, 0) is 28.6 Å². The molecular formula is C53H90O6. The van der Waals surface area contributed by atoms with E-state index in [2.05, 4.69) is 93.7 Å². The first-order valence-electron chi connectivity index (χ1n) is 24.4. The normalized spacial score (nSPS) is 12.7. The van der Waals surface area contributed by atoms with E-state index in [4.69, 9.17) is 14.2 Å². The van der Waals surface area contributed by atoms with Crippen molar-refractivity contribution in [3.05, 3.63) is 72.9 Å². The predicted molar refractivity (Wildman–Crippen MR) is 251 cm³/mol. The van der Waals surface area contributed by atoms with Crippen LogP contribution >= 0.6 is 0 Å². The first-order chi connectivity index (χ1) is 29.0. The molecule has 0 saturated carbocycles. The van der Waals surface area contributed by atoms with Crippen LogP contribution in [0.25, 0.3) is 0 Å². The van der Waals surface area contributed by atoms with Crippen molar-refractivity contribution in [2.45, 2.75) is 232 Å². The Balaban J connectivity index is 4.48. The fourth-order valence-corrected chi connectivity index (χ4v) is 6.41. The van der Waals surface area contributed by atoms with Gasteiger partial charge in [0.2, 0.25) is 0 Å². The Hall–Kier alpha value is -3.15. The molecule has 0 aromatic rings. The summed E-state index contributed by atoms with van der Waals surface area (Å²) in [5.74, 6) is -0.980. The molecule has 0 N–H and O–H groups in total. The van der Waals surface area contributed by atoms with Gasteiger partial charge in [0, 0.05) is 19.3 Å². The molecule has 0 spiro atoms. The molecule has 0 amide bonds. The molecule has 0 radical (unpaired) electrons. The number of rotatable bonds is 43. The Labute approximate surface area is 363 Å². The van der Waals surface area contributed by atoms with E-state index in [0.717, 1.165) is 89.9 Å². The molecule has 6 heteroatoms. The summed E-state index contributed by atoms with van der Waals surface area (Å²) in [5.41, 5.74) is 0. The third-order valence-electron chi connectivity index (χ3n) is 10.2. The van der Waals surface area contributed by atoms with Gasteiger partial charge in [-0.05, 0) is 103 Å². The minimum Gasteiger partial charge on any atom is -0.462 e. The number of ether oxygens (including phenoxy) is 3. The summed E-state index contributed by atoms with van der Waals surface area (Å²) in [7, 11) is 0. The van der Waals surface area contributed by atoms with Crippen LogP contribution in [0, 0.1) is 0 Å². The molecule has 0 aliphatic rings. The molecule has 0 aliphatic carbocycles. The summed E-state index contributed by atoms with van der Waals surface area (Å²) >= 11 is 0. The third kappa shape index (κ3) is 45.8. The molecule has 0 fully saturated rings. The Bertz CT molecular complexity index is 1130. The van der Waals surface area contributed by atoms with Crippen LogP contribution in [0.2, 0.25) is 0 Å². The van der Waals surface area contributed by atoms with E-state index in [0.29, 0.717) is 19.3 Å². The molecule has 0 aromatic heterocycles. The van der Waals surface area contributed by atoms with Gasteiger partial charge in [-0.25, -0.2) is 0 Å². The maximum absolute atomic E-state index is 12.7. The van der Waals surface area contributed by atoms with Gasteiger partial charge in [-0.3, -0.25) is 14.4 Å². The molecule has 0 bridgehead atoms. The Morgan fingerprint density at radius 1 is 0.339 bits per heavy atom. The smallest absolute Gasteiger partial charge is 0.306 e. The molecule has 1 atom stereocenters. The van der Waals surface area contributed by atoms with E-state index >= 15 is 0 Å². The molecule has 0 aromatic carbocycles. The van der Waals surface area contributed by atoms with E-state index in [1.807, 2.05) is 0 Å². The monoisotopic (exact) mass is 823 g/mol. The largest absolute Gasteiger partial charge is 0.462 e. The van der Waals surface area contributed by atoms with E-state index in [-0.39, 0.29) is 37.5 Å². The second kappa shape index (κ2) is 47.5. The molecule has 338 valence electrons. The standard InChI is InChI=1S/C53H90O6/c1-4-7-10-13-16-19-22-24-25-26-27-29-31-34-37-40-43-46-52(55)58-49-50(48-57-51(54)45-42-39-36-33-30-21-18-15-12-9-6-3)59-53(56)47-44-41-38-35-32-28-23-20-17-14-11-8-5-2/h15-16,18-20,23-25,27,29,34,37,50H,4-14,17,21-22,26,28,30-33,35-36,38-49H2,1-3H3/b18-15-,19-16-,23-20-,25-24-,29-27-,37-34-/t50-/m1/s1. The highest BCUT2D eigenvalue weighted by Gasteiger charge is 2.19. The van der Waals surface area contributed by atoms with Crippen molar-refractivity contribution in [3.8, 4) is 0 Å². The minimum absolute atomic E-state index is 0.101. The number of hydrogen-bond donors (Lipinski definition) is 0. The topological polar surface area (TPSA) is 78.9 Å². The van der Waals surface area contributed by atoms with Crippen LogP contribution in [0.5, 0.6) is 0 Å². The van der Waals surface area contributed by atoms with Crippen molar-refractivity contribution in [2.75, 3.05) is 13.2 Å². The van der Waals surface area contributed by atoms with Crippen molar-refractivity contribution in [3.63, 3.8) is 0 Å². The average molecular weight is 823 g/mol. The number of unbranched alkanes of at least 4 members (excludes halogenated alkanes) is 20. The van der Waals surface area contributed by atoms with Gasteiger partial charge in [-0.15, -0.1) is 0 Å². The Morgan fingerprint density at radius 3 is 1.12 bits per heavy atom. The lowest BCUT2D eigenvalue weighted by atomic mass is 10.1. The molecule has 0 unspecified atom stereocenters. The Kier molecular flexibility index (Phi) is 45.0. The summed E-state index contributed by atoms with van der Waals surface area (Å²) in [5, 5.41) is 0. The summed E-state index contributed by atoms with van der Waals surface area (Å²) in [6.07, 6.45) is 58.8. The van der Waals surface area contributed by atoms with Crippen molar-refractivity contribution >= 4 is 17.9 Å². The highest BCUT2D eigenvalue weighted by atomic mass is 16.6. The van der Waals surface area contributed by atoms with Crippen molar-refractivity contribution in [1.29, 1.82) is 0 Å². The first kappa shape index (κ1) is 55.9. The number of hydrogen-bond acceptors (Lipinski definition) is 6. The number of carbonyl (C=O) groups excluding carboxylic acids is 3. The fraction of sp³-hybridized carbons (Fsp3) is 0.717. The molecule has 0 saturated heterocycles. The zero-order valence-electron chi connectivity index (χ0n) is 38.5. The summed E-state index contributed by atoms with van der Waals surface area (Å²) in [6, 6.07) is 0. The molecule has 0 rings (SSSR count). The minimum atomic E-state index is -0.803. The maximum atomic E-state index is 12.7. The lowest BCUT2D eigenvalue weighted by Gasteiger charge is -2.18. The summed E-state index contributed by atoms with van der Waals surface area (Å²) < 4.78 is 16.7. The average Bonchev–Trinajstić information content (AvgIpc) is 3.23. The van der Waals surface area contributed by atoms with Crippen molar-refractivity contribution < 1.29 is 28.6 Å². The highest BCUT2D eigenvalue weighted by molar-refractivity contribution is 5.71. The zero-order valence-corrected chi connectivity index (χ0v) is 38.5. The number of allylic oxidation sites excluding steroid dienone is 12. The summed E-state index contributed by atoms with van der Waals surface area (Å²) in [6.45, 7) is 6.48. The lowest BCUT2D eigenvalue weighted by Crippen LogP contribution is -2.30. The number of carbonyl (C=O) groups is 3. The van der Waals surface area contributed by atoms with Crippen LogP contribution in [0.15, 0.2) is 72.9 Å². The van der Waals surface area contributed by atoms with Gasteiger partial charge >= 0.3 is 17.9 Å². The van der Waals surface area contributed by atoms with Crippen LogP contribution in [0.4, 0.5) is 0 Å². The van der Waals surface area contributed by atoms with E-state index in [1.54, 1.807) is 0 Å². The van der Waals surface area contributed by atoms with E-state index in [1.165, 1.54) is 89.9 Å². The maximum Gasteiger partial charge on any atom is 0.306 e. The molecule has 59 heavy (non-hydrogen) atoms. The van der Waals surface area contributed by atoms with E-state index in [9.17, 15) is 14.4 Å². The van der Waals surface area contributed by atoms with Gasteiger partial charge in [0.25, 0.3) is 0 Å². The quantitative estimate of drug-likeness (QED) is 0.0264. The molecular weight excluding hydrogens is 733 g/mol. The van der Waals surface area contributed by atoms with Gasteiger partial charge in [0.15, 0.2) is 6.10 Å². The number of esters is 3. The van der Waals surface area contributed by atoms with Gasteiger partial charge in [-0.2, -0.15) is 0 Å². The molecule has 0 aliphatic heterocycles. The van der Waals surface area contributed by atoms with Crippen molar-refractivity contribution in [2.24, 2.45) is 0 Å². The molecule has 6 nitrogen and oxygen atoms in total. The fourth-order valence-electron chi connectivity index (χ4n) is 6.41. The third-order valence-corrected chi connectivity index (χ3v) is 10.2. The second-order valence-electron chi connectivity index (χ2n) is 16.0. The predicted octanol–water partition coefficient (Wildman–Crippen LogP) is 15.9. The van der Waals surface area contributed by atoms with Crippen LogP contribution in [-0.4, -0.2) is 37.2 Å². The Morgan fingerprint density at radius 2 is 0.644 bits per heavy atom. The first-order valence-corrected chi connectivity index (χ1v) is 24.4. The van der Waals surface area contributed by atoms with Crippen LogP contribution in [0.1, 0.15) is 226 Å². The highest BCUT2D eigenvalue weighted by Crippen LogP contribution is 2.13. The van der Waals surface area contributed by atoms with Crippen molar-refractivity contribution in [1.82, 2.24) is 0 Å². The van der Waals surface area contributed by atoms with E-state index < -0.39 is 6.10 Å². The SMILES string of the molecule is CCCC/C=C\CCCCCCCC(=O)OC[C@H](COC(=O)CCC/C=C\C/C=C\C/C=C\C/C=C\CCCCC)OC(=O)CCCCCCC/C=C\CCCCCC. The second-order valence-corrected chi connectivity index (χ2v) is 16.0. The summed E-state index contributed by atoms with van der Waals surface area (Å²) in [4.78, 5) is 37.8. The van der Waals surface area contributed by atoms with Gasteiger partial charge in [0.05, 0.1) is 0 Å². The van der Waals surface area contributed by atoms with Crippen LogP contribution in [0.3, 0.4) is 0 Å². The molecule has 0 heterocycles. The van der Waals surface area contributed by atoms with Gasteiger partial charge in [-0.1, -0.05) is 177 Å². The van der Waals surface area contributed by atoms with Gasteiger partial charge < -0.3 is 14.2 Å². The lowest BCUT2D eigenvalue weighted by molar-refractivity contribution is -0.167. The van der Waals surface area contributed by atoms with Crippen LogP contribution < -0.4 is 0 Å². The zero-order chi connectivity index (χ0) is 43.0. The van der Waals surface area contributed by atoms with Gasteiger partial charge in [0.1, 0.15) is 13.2 Å².